The predicted molar refractivity (Wildman–Crippen MR) is 90.1 cm³/mol. The number of carbonyl (C=O) groups is 1. The molecular formula is C19H11F5N2O2. The van der Waals surface area contributed by atoms with Gasteiger partial charge in [-0.2, -0.15) is 13.2 Å². The highest BCUT2D eigenvalue weighted by Gasteiger charge is 2.30. The van der Waals surface area contributed by atoms with Gasteiger partial charge in [0.25, 0.3) is 5.91 Å². The summed E-state index contributed by atoms with van der Waals surface area (Å²) in [5, 5.41) is 2.25. The third-order valence-electron chi connectivity index (χ3n) is 3.60. The van der Waals surface area contributed by atoms with Gasteiger partial charge in [0.15, 0.2) is 5.75 Å². The van der Waals surface area contributed by atoms with Gasteiger partial charge >= 0.3 is 6.18 Å². The molecular weight excluding hydrogens is 383 g/mol. The Morgan fingerprint density at radius 1 is 1.04 bits per heavy atom. The number of pyridine rings is 1. The number of hydrogen-bond acceptors (Lipinski definition) is 3. The summed E-state index contributed by atoms with van der Waals surface area (Å²) in [6, 6.07) is 7.94. The van der Waals surface area contributed by atoms with Crippen LogP contribution in [0.4, 0.5) is 27.6 Å². The van der Waals surface area contributed by atoms with Gasteiger partial charge in [0.2, 0.25) is 0 Å². The Hall–Kier alpha value is -3.49. The van der Waals surface area contributed by atoms with E-state index in [1.165, 1.54) is 18.3 Å². The zero-order valence-electron chi connectivity index (χ0n) is 13.9. The van der Waals surface area contributed by atoms with E-state index in [1.807, 2.05) is 0 Å². The van der Waals surface area contributed by atoms with Gasteiger partial charge in [-0.3, -0.25) is 9.78 Å². The summed E-state index contributed by atoms with van der Waals surface area (Å²) in [6.07, 6.45) is -2.17. The van der Waals surface area contributed by atoms with Crippen LogP contribution < -0.4 is 10.1 Å². The molecule has 0 saturated carbocycles. The Labute approximate surface area is 155 Å². The molecule has 9 heteroatoms. The van der Waals surface area contributed by atoms with Crippen LogP contribution in [0.25, 0.3) is 0 Å². The number of nitrogens with one attached hydrogen (secondary N) is 1. The fraction of sp³-hybridized carbons (Fsp3) is 0.0526. The average Bonchev–Trinajstić information content (AvgIpc) is 2.64. The molecule has 3 rings (SSSR count). The van der Waals surface area contributed by atoms with Crippen molar-refractivity contribution < 1.29 is 31.5 Å². The van der Waals surface area contributed by atoms with E-state index in [2.05, 4.69) is 10.3 Å². The fourth-order valence-corrected chi connectivity index (χ4v) is 2.29. The molecule has 0 aliphatic rings. The molecule has 144 valence electrons. The van der Waals surface area contributed by atoms with Crippen LogP contribution in [0.1, 0.15) is 15.9 Å². The van der Waals surface area contributed by atoms with Gasteiger partial charge < -0.3 is 10.1 Å². The number of carbonyl (C=O) groups excluding carboxylic acids is 1. The van der Waals surface area contributed by atoms with E-state index in [0.29, 0.717) is 6.07 Å². The zero-order valence-corrected chi connectivity index (χ0v) is 13.9. The van der Waals surface area contributed by atoms with E-state index in [4.69, 9.17) is 4.74 Å². The lowest BCUT2D eigenvalue weighted by atomic mass is 10.2. The van der Waals surface area contributed by atoms with Crippen molar-refractivity contribution >= 4 is 11.6 Å². The molecule has 0 bridgehead atoms. The summed E-state index contributed by atoms with van der Waals surface area (Å²) >= 11 is 0. The van der Waals surface area contributed by atoms with Crippen LogP contribution >= 0.6 is 0 Å². The number of rotatable bonds is 4. The molecule has 0 unspecified atom stereocenters. The van der Waals surface area contributed by atoms with Gasteiger partial charge in [0, 0.05) is 12.3 Å². The van der Waals surface area contributed by atoms with E-state index in [1.54, 1.807) is 0 Å². The van der Waals surface area contributed by atoms with Crippen LogP contribution in [0.15, 0.2) is 60.9 Å². The topological polar surface area (TPSA) is 51.2 Å². The lowest BCUT2D eigenvalue weighted by Gasteiger charge is -2.13. The minimum Gasteiger partial charge on any atom is -0.455 e. The Bertz CT molecular complexity index is 1020. The van der Waals surface area contributed by atoms with Crippen molar-refractivity contribution in [3.05, 3.63) is 83.7 Å². The van der Waals surface area contributed by atoms with Crippen molar-refractivity contribution in [3.8, 4) is 11.5 Å². The van der Waals surface area contributed by atoms with Crippen molar-refractivity contribution in [2.45, 2.75) is 6.18 Å². The number of nitrogens with zero attached hydrogens (tertiary/aromatic N) is 1. The van der Waals surface area contributed by atoms with Gasteiger partial charge in [-0.25, -0.2) is 8.78 Å². The maximum atomic E-state index is 13.7. The molecule has 1 N–H and O–H groups in total. The monoisotopic (exact) mass is 394 g/mol. The molecule has 0 aliphatic heterocycles. The molecule has 0 saturated heterocycles. The minimum absolute atomic E-state index is 0.101. The van der Waals surface area contributed by atoms with Gasteiger partial charge in [0.1, 0.15) is 17.4 Å². The Kier molecular flexibility index (Phi) is 5.25. The third-order valence-corrected chi connectivity index (χ3v) is 3.60. The van der Waals surface area contributed by atoms with Crippen LogP contribution in [0, 0.1) is 11.6 Å². The minimum atomic E-state index is -4.56. The maximum absolute atomic E-state index is 13.7. The summed E-state index contributed by atoms with van der Waals surface area (Å²) in [5.41, 5.74) is -1.29. The molecule has 0 fully saturated rings. The molecule has 0 spiro atoms. The lowest BCUT2D eigenvalue weighted by molar-refractivity contribution is -0.137. The third kappa shape index (κ3) is 4.43. The van der Waals surface area contributed by atoms with Gasteiger partial charge in [-0.1, -0.05) is 6.07 Å². The number of ether oxygens (including phenoxy) is 1. The van der Waals surface area contributed by atoms with Crippen molar-refractivity contribution in [1.29, 1.82) is 0 Å². The van der Waals surface area contributed by atoms with E-state index < -0.39 is 29.3 Å². The Balaban J connectivity index is 1.86. The van der Waals surface area contributed by atoms with Crippen LogP contribution in [0.2, 0.25) is 0 Å². The van der Waals surface area contributed by atoms with Crippen LogP contribution in [-0.2, 0) is 6.18 Å². The van der Waals surface area contributed by atoms with Crippen LogP contribution in [0.5, 0.6) is 11.5 Å². The van der Waals surface area contributed by atoms with Crippen molar-refractivity contribution in [3.63, 3.8) is 0 Å². The summed E-state index contributed by atoms with van der Waals surface area (Å²) in [5.74, 6) is -2.91. The van der Waals surface area contributed by atoms with Crippen molar-refractivity contribution in [1.82, 2.24) is 4.98 Å². The zero-order chi connectivity index (χ0) is 20.3. The van der Waals surface area contributed by atoms with Crippen molar-refractivity contribution in [2.24, 2.45) is 0 Å². The second-order valence-corrected chi connectivity index (χ2v) is 5.58. The summed E-state index contributed by atoms with van der Waals surface area (Å²) < 4.78 is 70.6. The van der Waals surface area contributed by atoms with E-state index in [0.717, 1.165) is 36.5 Å². The first-order chi connectivity index (χ1) is 13.2. The average molecular weight is 394 g/mol. The number of benzene rings is 2. The molecule has 2 aromatic carbocycles. The van der Waals surface area contributed by atoms with Crippen molar-refractivity contribution in [2.75, 3.05) is 5.32 Å². The summed E-state index contributed by atoms with van der Waals surface area (Å²) in [4.78, 5) is 16.2. The number of alkyl halides is 3. The normalized spacial score (nSPS) is 11.2. The van der Waals surface area contributed by atoms with Gasteiger partial charge in [-0.15, -0.1) is 0 Å². The maximum Gasteiger partial charge on any atom is 0.416 e. The second kappa shape index (κ2) is 7.63. The summed E-state index contributed by atoms with van der Waals surface area (Å²) in [6.45, 7) is 0. The molecule has 28 heavy (non-hydrogen) atoms. The largest absolute Gasteiger partial charge is 0.455 e. The molecule has 3 aromatic rings. The van der Waals surface area contributed by atoms with Gasteiger partial charge in [-0.05, 0) is 36.4 Å². The Morgan fingerprint density at radius 3 is 2.54 bits per heavy atom. The number of aromatic nitrogens is 1. The fourth-order valence-electron chi connectivity index (χ4n) is 2.29. The first-order valence-corrected chi connectivity index (χ1v) is 7.79. The first-order valence-electron chi connectivity index (χ1n) is 7.79. The number of hydrogen-bond donors (Lipinski definition) is 1. The second-order valence-electron chi connectivity index (χ2n) is 5.58. The van der Waals surface area contributed by atoms with Crippen LogP contribution in [0.3, 0.4) is 0 Å². The molecule has 0 aliphatic carbocycles. The molecule has 0 atom stereocenters. The van der Waals surface area contributed by atoms with E-state index in [-0.39, 0.29) is 22.7 Å². The van der Waals surface area contributed by atoms with E-state index >= 15 is 0 Å². The molecule has 4 nitrogen and oxygen atoms in total. The molecule has 1 amide bonds. The number of amides is 1. The number of halogens is 5. The highest BCUT2D eigenvalue weighted by Crippen LogP contribution is 2.33. The predicted octanol–water partition coefficient (Wildman–Crippen LogP) is 5.42. The SMILES string of the molecule is O=C(Nc1ccc(F)cc1F)c1ccncc1Oc1cccc(C(F)(F)F)c1. The number of anilines is 1. The molecule has 0 radical (unpaired) electrons. The molecule has 1 aromatic heterocycles. The van der Waals surface area contributed by atoms with Crippen LogP contribution in [-0.4, -0.2) is 10.9 Å². The Morgan fingerprint density at radius 2 is 1.82 bits per heavy atom. The van der Waals surface area contributed by atoms with E-state index in [9.17, 15) is 26.7 Å². The highest BCUT2D eigenvalue weighted by atomic mass is 19.4. The summed E-state index contributed by atoms with van der Waals surface area (Å²) in [7, 11) is 0. The molecule has 1 heterocycles. The van der Waals surface area contributed by atoms with Gasteiger partial charge in [0.05, 0.1) is 23.0 Å². The quantitative estimate of drug-likeness (QED) is 0.601. The smallest absolute Gasteiger partial charge is 0.416 e. The lowest BCUT2D eigenvalue weighted by Crippen LogP contribution is -2.14. The first kappa shape index (κ1) is 19.3. The highest BCUT2D eigenvalue weighted by molar-refractivity contribution is 6.06. The standard InChI is InChI=1S/C19H11F5N2O2/c20-12-4-5-16(15(21)9-12)26-18(27)14-6-7-25-10-17(14)28-13-3-1-2-11(8-13)19(22,23)24/h1-10H,(H,26,27).